The molecule has 0 aromatic heterocycles. The third-order valence-electron chi connectivity index (χ3n) is 2.70. The Hall–Kier alpha value is -0.860. The first-order valence-corrected chi connectivity index (χ1v) is 5.06. The lowest BCUT2D eigenvalue weighted by molar-refractivity contribution is 0.217. The average molecular weight is 193 g/mol. The molecule has 0 spiro atoms. The van der Waals surface area contributed by atoms with Crippen LogP contribution in [0.25, 0.3) is 0 Å². The SMILES string of the molecule is CC[N+]([O-])(c1ccccc1)C(C)(C)C. The van der Waals surface area contributed by atoms with Gasteiger partial charge >= 0.3 is 0 Å². The summed E-state index contributed by atoms with van der Waals surface area (Å²) in [6, 6.07) is 9.58. The number of hydrogen-bond acceptors (Lipinski definition) is 1. The second kappa shape index (κ2) is 3.71. The Kier molecular flexibility index (Phi) is 2.98. The van der Waals surface area contributed by atoms with Gasteiger partial charge in [0.2, 0.25) is 0 Å². The van der Waals surface area contributed by atoms with Gasteiger partial charge in [-0.15, -0.1) is 0 Å². The Morgan fingerprint density at radius 2 is 1.64 bits per heavy atom. The molecule has 0 fully saturated rings. The zero-order chi connectivity index (χ0) is 10.8. The molecular formula is C12H19NO. The van der Waals surface area contributed by atoms with Crippen LogP contribution < -0.4 is 4.65 Å². The minimum Gasteiger partial charge on any atom is -0.627 e. The number of para-hydroxylation sites is 1. The van der Waals surface area contributed by atoms with Crippen molar-refractivity contribution >= 4 is 5.69 Å². The van der Waals surface area contributed by atoms with Gasteiger partial charge in [-0.3, -0.25) is 0 Å². The molecule has 2 heteroatoms. The van der Waals surface area contributed by atoms with Gasteiger partial charge in [0.25, 0.3) is 0 Å². The summed E-state index contributed by atoms with van der Waals surface area (Å²) in [4.78, 5) is 0. The second-order valence-corrected chi connectivity index (χ2v) is 4.56. The van der Waals surface area contributed by atoms with Crippen LogP contribution in [0.2, 0.25) is 0 Å². The van der Waals surface area contributed by atoms with E-state index in [-0.39, 0.29) is 10.2 Å². The molecule has 1 aromatic rings. The highest BCUT2D eigenvalue weighted by Gasteiger charge is 2.32. The molecule has 0 saturated carbocycles. The van der Waals surface area contributed by atoms with Crippen LogP contribution in [0.5, 0.6) is 0 Å². The number of hydrogen-bond donors (Lipinski definition) is 0. The van der Waals surface area contributed by atoms with Crippen LogP contribution in [0, 0.1) is 5.21 Å². The molecule has 0 bridgehead atoms. The quantitative estimate of drug-likeness (QED) is 0.522. The molecule has 0 aliphatic heterocycles. The smallest absolute Gasteiger partial charge is 0.133 e. The Morgan fingerprint density at radius 3 is 2.00 bits per heavy atom. The van der Waals surface area contributed by atoms with Crippen molar-refractivity contribution in [2.45, 2.75) is 33.2 Å². The molecule has 1 aromatic carbocycles. The van der Waals surface area contributed by atoms with Crippen molar-refractivity contribution in [1.82, 2.24) is 4.65 Å². The molecule has 0 amide bonds. The number of quaternary nitrogens is 1. The topological polar surface area (TPSA) is 23.1 Å². The molecule has 1 rings (SSSR count). The fourth-order valence-electron chi connectivity index (χ4n) is 1.71. The number of benzene rings is 1. The molecule has 14 heavy (non-hydrogen) atoms. The van der Waals surface area contributed by atoms with E-state index in [1.165, 1.54) is 0 Å². The standard InChI is InChI=1S/C12H19NO/c1-5-13(14,12(2,3)4)11-9-7-6-8-10-11/h6-10H,5H2,1-4H3. The summed E-state index contributed by atoms with van der Waals surface area (Å²) < 4.78 is -0.270. The zero-order valence-corrected chi connectivity index (χ0v) is 9.45. The van der Waals surface area contributed by atoms with Crippen molar-refractivity contribution in [3.8, 4) is 0 Å². The Balaban J connectivity index is 3.15. The third-order valence-corrected chi connectivity index (χ3v) is 2.70. The van der Waals surface area contributed by atoms with Gasteiger partial charge in [-0.2, -0.15) is 0 Å². The highest BCUT2D eigenvalue weighted by atomic mass is 16.6. The number of nitrogens with zero attached hydrogens (tertiary/aromatic N) is 1. The Labute approximate surface area is 86.3 Å². The van der Waals surface area contributed by atoms with E-state index in [4.69, 9.17) is 0 Å². The average Bonchev–Trinajstić information content (AvgIpc) is 2.16. The highest BCUT2D eigenvalue weighted by molar-refractivity contribution is 5.45. The largest absolute Gasteiger partial charge is 0.627 e. The number of rotatable bonds is 2. The van der Waals surface area contributed by atoms with Crippen molar-refractivity contribution in [1.29, 1.82) is 0 Å². The Morgan fingerprint density at radius 1 is 1.14 bits per heavy atom. The van der Waals surface area contributed by atoms with E-state index in [9.17, 15) is 5.21 Å². The molecule has 0 saturated heterocycles. The van der Waals surface area contributed by atoms with Gasteiger partial charge in [-0.25, -0.2) is 0 Å². The van der Waals surface area contributed by atoms with Crippen LogP contribution in [-0.4, -0.2) is 12.1 Å². The summed E-state index contributed by atoms with van der Waals surface area (Å²) in [6.45, 7) is 8.45. The highest BCUT2D eigenvalue weighted by Crippen LogP contribution is 2.31. The van der Waals surface area contributed by atoms with E-state index >= 15 is 0 Å². The van der Waals surface area contributed by atoms with Gasteiger partial charge in [-0.05, 0) is 39.8 Å². The van der Waals surface area contributed by atoms with Gasteiger partial charge in [0.05, 0.1) is 12.1 Å². The molecule has 0 radical (unpaired) electrons. The van der Waals surface area contributed by atoms with E-state index in [2.05, 4.69) is 0 Å². The van der Waals surface area contributed by atoms with Gasteiger partial charge in [-0.1, -0.05) is 18.2 Å². The van der Waals surface area contributed by atoms with Gasteiger partial charge < -0.3 is 9.85 Å². The van der Waals surface area contributed by atoms with Crippen LogP contribution >= 0.6 is 0 Å². The fraction of sp³-hybridized carbons (Fsp3) is 0.500. The van der Waals surface area contributed by atoms with Crippen molar-refractivity contribution < 1.29 is 0 Å². The summed E-state index contributed by atoms with van der Waals surface area (Å²) in [7, 11) is 0. The maximum Gasteiger partial charge on any atom is 0.133 e. The van der Waals surface area contributed by atoms with Crippen LogP contribution in [0.1, 0.15) is 27.7 Å². The molecule has 0 heterocycles. The number of hydroxylamine groups is 2. The Bertz CT molecular complexity index is 289. The van der Waals surface area contributed by atoms with E-state index in [0.29, 0.717) is 6.54 Å². The van der Waals surface area contributed by atoms with E-state index in [1.54, 1.807) is 0 Å². The molecule has 0 aliphatic carbocycles. The lowest BCUT2D eigenvalue weighted by Crippen LogP contribution is -2.57. The van der Waals surface area contributed by atoms with Crippen LogP contribution in [0.3, 0.4) is 0 Å². The summed E-state index contributed by atoms with van der Waals surface area (Å²) in [5.41, 5.74) is 0.526. The maximum absolute atomic E-state index is 12.6. The monoisotopic (exact) mass is 193 g/mol. The minimum atomic E-state index is -0.309. The fourth-order valence-corrected chi connectivity index (χ4v) is 1.71. The summed E-state index contributed by atoms with van der Waals surface area (Å²) in [5, 5.41) is 12.6. The molecular weight excluding hydrogens is 174 g/mol. The maximum atomic E-state index is 12.6. The summed E-state index contributed by atoms with van der Waals surface area (Å²) in [5.74, 6) is 0. The van der Waals surface area contributed by atoms with E-state index in [0.717, 1.165) is 5.69 Å². The van der Waals surface area contributed by atoms with Crippen molar-refractivity contribution in [2.24, 2.45) is 0 Å². The van der Waals surface area contributed by atoms with E-state index < -0.39 is 0 Å². The lowest BCUT2D eigenvalue weighted by Gasteiger charge is -2.51. The molecule has 0 aliphatic rings. The van der Waals surface area contributed by atoms with Gasteiger partial charge in [0.1, 0.15) is 5.69 Å². The molecule has 78 valence electrons. The third kappa shape index (κ3) is 1.81. The van der Waals surface area contributed by atoms with Crippen molar-refractivity contribution in [2.75, 3.05) is 6.54 Å². The van der Waals surface area contributed by atoms with Gasteiger partial charge in [0, 0.05) is 0 Å². The second-order valence-electron chi connectivity index (χ2n) is 4.56. The minimum absolute atomic E-state index is 0.270. The molecule has 1 atom stereocenters. The van der Waals surface area contributed by atoms with Crippen LogP contribution in [0.15, 0.2) is 30.3 Å². The van der Waals surface area contributed by atoms with Crippen LogP contribution in [-0.2, 0) is 0 Å². The zero-order valence-electron chi connectivity index (χ0n) is 9.45. The van der Waals surface area contributed by atoms with Crippen molar-refractivity contribution in [3.63, 3.8) is 0 Å². The molecule has 2 nitrogen and oxygen atoms in total. The summed E-state index contributed by atoms with van der Waals surface area (Å²) in [6.07, 6.45) is 0. The molecule has 0 N–H and O–H groups in total. The van der Waals surface area contributed by atoms with Gasteiger partial charge in [0.15, 0.2) is 0 Å². The first-order chi connectivity index (χ1) is 6.42. The first-order valence-electron chi connectivity index (χ1n) is 5.06. The summed E-state index contributed by atoms with van der Waals surface area (Å²) >= 11 is 0. The lowest BCUT2D eigenvalue weighted by atomic mass is 10.0. The van der Waals surface area contributed by atoms with Crippen molar-refractivity contribution in [3.05, 3.63) is 35.5 Å². The predicted molar refractivity (Wildman–Crippen MR) is 61.9 cm³/mol. The normalized spacial score (nSPS) is 16.4. The first kappa shape index (κ1) is 11.2. The van der Waals surface area contributed by atoms with Crippen LogP contribution in [0.4, 0.5) is 5.69 Å². The molecule has 1 unspecified atom stereocenters. The predicted octanol–water partition coefficient (Wildman–Crippen LogP) is 3.31. The van der Waals surface area contributed by atoms with E-state index in [1.807, 2.05) is 58.0 Å².